The van der Waals surface area contributed by atoms with Gasteiger partial charge in [0.05, 0.1) is 6.61 Å². The fourth-order valence-electron chi connectivity index (χ4n) is 1.38. The molecule has 0 spiro atoms. The summed E-state index contributed by atoms with van der Waals surface area (Å²) in [4.78, 5) is 10.2. The lowest BCUT2D eigenvalue weighted by atomic mass is 10.4. The SMILES string of the molecule is CCOc1cc(N(CCN)CCN)ncn1. The number of nitrogens with two attached hydrogens (primary N) is 2. The van der Waals surface area contributed by atoms with Crippen molar-refractivity contribution in [2.45, 2.75) is 6.92 Å². The smallest absolute Gasteiger partial charge is 0.218 e. The molecule has 0 unspecified atom stereocenters. The molecule has 0 fully saturated rings. The van der Waals surface area contributed by atoms with Crippen LogP contribution < -0.4 is 21.1 Å². The van der Waals surface area contributed by atoms with E-state index in [4.69, 9.17) is 16.2 Å². The van der Waals surface area contributed by atoms with E-state index in [1.807, 2.05) is 11.8 Å². The molecule has 90 valence electrons. The van der Waals surface area contributed by atoms with E-state index in [0.717, 1.165) is 18.9 Å². The lowest BCUT2D eigenvalue weighted by molar-refractivity contribution is 0.326. The van der Waals surface area contributed by atoms with Crippen LogP contribution in [-0.4, -0.2) is 42.8 Å². The summed E-state index contributed by atoms with van der Waals surface area (Å²) in [6.45, 7) is 5.07. The molecule has 0 aliphatic rings. The van der Waals surface area contributed by atoms with Crippen LogP contribution in [-0.2, 0) is 0 Å². The first-order valence-electron chi connectivity index (χ1n) is 5.41. The van der Waals surface area contributed by atoms with Gasteiger partial charge in [-0.15, -0.1) is 0 Å². The Bertz CT molecular complexity index is 301. The van der Waals surface area contributed by atoms with Crippen LogP contribution in [0, 0.1) is 0 Å². The highest BCUT2D eigenvalue weighted by atomic mass is 16.5. The lowest BCUT2D eigenvalue weighted by Gasteiger charge is -2.22. The van der Waals surface area contributed by atoms with Crippen LogP contribution in [0.25, 0.3) is 0 Å². The van der Waals surface area contributed by atoms with E-state index < -0.39 is 0 Å². The zero-order valence-electron chi connectivity index (χ0n) is 9.59. The largest absolute Gasteiger partial charge is 0.478 e. The fraction of sp³-hybridized carbons (Fsp3) is 0.600. The fourth-order valence-corrected chi connectivity index (χ4v) is 1.38. The Hall–Kier alpha value is -1.40. The second kappa shape index (κ2) is 6.97. The molecule has 0 saturated carbocycles. The molecule has 6 nitrogen and oxygen atoms in total. The van der Waals surface area contributed by atoms with Crippen molar-refractivity contribution in [2.24, 2.45) is 11.5 Å². The van der Waals surface area contributed by atoms with Gasteiger partial charge in [0.15, 0.2) is 0 Å². The van der Waals surface area contributed by atoms with Crippen LogP contribution in [0.15, 0.2) is 12.4 Å². The number of nitrogens with zero attached hydrogens (tertiary/aromatic N) is 3. The zero-order chi connectivity index (χ0) is 11.8. The van der Waals surface area contributed by atoms with Gasteiger partial charge in [0.1, 0.15) is 12.1 Å². The highest BCUT2D eigenvalue weighted by Gasteiger charge is 2.07. The Kier molecular flexibility index (Phi) is 5.52. The second-order valence-electron chi connectivity index (χ2n) is 3.21. The molecule has 0 aliphatic heterocycles. The summed E-state index contributed by atoms with van der Waals surface area (Å²) in [5, 5.41) is 0. The van der Waals surface area contributed by atoms with Crippen LogP contribution in [0.5, 0.6) is 5.88 Å². The zero-order valence-corrected chi connectivity index (χ0v) is 9.59. The Morgan fingerprint density at radius 3 is 2.50 bits per heavy atom. The molecule has 0 radical (unpaired) electrons. The van der Waals surface area contributed by atoms with E-state index in [0.29, 0.717) is 25.6 Å². The summed E-state index contributed by atoms with van der Waals surface area (Å²) < 4.78 is 5.31. The van der Waals surface area contributed by atoms with Crippen molar-refractivity contribution in [2.75, 3.05) is 37.7 Å². The van der Waals surface area contributed by atoms with Crippen molar-refractivity contribution >= 4 is 5.82 Å². The minimum atomic E-state index is 0.563. The van der Waals surface area contributed by atoms with Gasteiger partial charge < -0.3 is 21.1 Å². The maximum absolute atomic E-state index is 5.54. The summed E-state index contributed by atoms with van der Waals surface area (Å²) in [7, 11) is 0. The number of anilines is 1. The molecule has 1 aromatic rings. The third-order valence-electron chi connectivity index (χ3n) is 2.04. The molecule has 1 aromatic heterocycles. The summed E-state index contributed by atoms with van der Waals surface area (Å²) in [6.07, 6.45) is 1.49. The molecule has 0 bridgehead atoms. The first-order chi connectivity index (χ1) is 7.81. The average molecular weight is 225 g/mol. The first-order valence-corrected chi connectivity index (χ1v) is 5.41. The van der Waals surface area contributed by atoms with Gasteiger partial charge in [0.25, 0.3) is 0 Å². The Labute approximate surface area is 95.6 Å². The molecule has 0 saturated heterocycles. The molecule has 1 rings (SSSR count). The first kappa shape index (κ1) is 12.7. The van der Waals surface area contributed by atoms with Gasteiger partial charge in [-0.2, -0.15) is 0 Å². The molecule has 6 heteroatoms. The summed E-state index contributed by atoms with van der Waals surface area (Å²) >= 11 is 0. The molecule has 0 aromatic carbocycles. The predicted molar refractivity (Wildman–Crippen MR) is 63.5 cm³/mol. The van der Waals surface area contributed by atoms with Gasteiger partial charge in [-0.3, -0.25) is 0 Å². The molecule has 0 atom stereocenters. The highest BCUT2D eigenvalue weighted by Crippen LogP contribution is 2.14. The van der Waals surface area contributed by atoms with Gasteiger partial charge >= 0.3 is 0 Å². The molecule has 4 N–H and O–H groups in total. The van der Waals surface area contributed by atoms with Gasteiger partial charge in [0.2, 0.25) is 5.88 Å². The molecule has 0 aliphatic carbocycles. The van der Waals surface area contributed by atoms with E-state index in [1.165, 1.54) is 6.33 Å². The highest BCUT2D eigenvalue weighted by molar-refractivity contribution is 5.40. The normalized spacial score (nSPS) is 10.2. The lowest BCUT2D eigenvalue weighted by Crippen LogP contribution is -2.34. The summed E-state index contributed by atoms with van der Waals surface area (Å²) in [5.74, 6) is 1.38. The summed E-state index contributed by atoms with van der Waals surface area (Å²) in [5.41, 5.74) is 11.1. The quantitative estimate of drug-likeness (QED) is 0.656. The van der Waals surface area contributed by atoms with Crippen molar-refractivity contribution in [3.63, 3.8) is 0 Å². The monoisotopic (exact) mass is 225 g/mol. The topological polar surface area (TPSA) is 90.3 Å². The third-order valence-corrected chi connectivity index (χ3v) is 2.04. The Balaban J connectivity index is 2.77. The van der Waals surface area contributed by atoms with Crippen molar-refractivity contribution in [1.29, 1.82) is 0 Å². The van der Waals surface area contributed by atoms with Crippen LogP contribution in [0.1, 0.15) is 6.92 Å². The number of hydrogen-bond donors (Lipinski definition) is 2. The van der Waals surface area contributed by atoms with Crippen LogP contribution in [0.4, 0.5) is 5.82 Å². The number of ether oxygens (including phenoxy) is 1. The third kappa shape index (κ3) is 3.63. The standard InChI is InChI=1S/C10H19N5O/c1-2-16-10-7-9(13-8-14-10)15(5-3-11)6-4-12/h7-8H,2-6,11-12H2,1H3. The van der Waals surface area contributed by atoms with E-state index in [2.05, 4.69) is 9.97 Å². The average Bonchev–Trinajstić information content (AvgIpc) is 2.30. The van der Waals surface area contributed by atoms with Crippen LogP contribution in [0.3, 0.4) is 0 Å². The Morgan fingerprint density at radius 2 is 1.94 bits per heavy atom. The molecule has 1 heterocycles. The van der Waals surface area contributed by atoms with Gasteiger partial charge in [0, 0.05) is 32.2 Å². The van der Waals surface area contributed by atoms with Gasteiger partial charge in [-0.1, -0.05) is 0 Å². The Morgan fingerprint density at radius 1 is 1.25 bits per heavy atom. The van der Waals surface area contributed by atoms with Crippen LogP contribution >= 0.6 is 0 Å². The van der Waals surface area contributed by atoms with E-state index in [9.17, 15) is 0 Å². The van der Waals surface area contributed by atoms with Gasteiger partial charge in [-0.25, -0.2) is 9.97 Å². The molecule has 16 heavy (non-hydrogen) atoms. The summed E-state index contributed by atoms with van der Waals surface area (Å²) in [6, 6.07) is 1.80. The predicted octanol–water partition coefficient (Wildman–Crippen LogP) is -0.401. The maximum atomic E-state index is 5.54. The minimum Gasteiger partial charge on any atom is -0.478 e. The molecule has 0 amide bonds. The molecular formula is C10H19N5O. The number of rotatable bonds is 7. The van der Waals surface area contributed by atoms with E-state index in [1.54, 1.807) is 6.07 Å². The van der Waals surface area contributed by atoms with Crippen molar-refractivity contribution < 1.29 is 4.74 Å². The number of hydrogen-bond acceptors (Lipinski definition) is 6. The van der Waals surface area contributed by atoms with E-state index >= 15 is 0 Å². The second-order valence-corrected chi connectivity index (χ2v) is 3.21. The maximum Gasteiger partial charge on any atom is 0.218 e. The molecular weight excluding hydrogens is 206 g/mol. The van der Waals surface area contributed by atoms with Crippen molar-refractivity contribution in [3.8, 4) is 5.88 Å². The van der Waals surface area contributed by atoms with Gasteiger partial charge in [-0.05, 0) is 6.92 Å². The minimum absolute atomic E-state index is 0.563. The van der Waals surface area contributed by atoms with Crippen LogP contribution in [0.2, 0.25) is 0 Å². The van der Waals surface area contributed by atoms with Crippen molar-refractivity contribution in [3.05, 3.63) is 12.4 Å². The van der Waals surface area contributed by atoms with E-state index in [-0.39, 0.29) is 0 Å². The number of aromatic nitrogens is 2. The van der Waals surface area contributed by atoms with Crippen molar-refractivity contribution in [1.82, 2.24) is 9.97 Å².